The molecule has 0 saturated heterocycles. The van der Waals surface area contributed by atoms with Crippen LogP contribution in [-0.2, 0) is 6.54 Å². The number of alkyl halides is 3. The first-order chi connectivity index (χ1) is 8.74. The van der Waals surface area contributed by atoms with Crippen LogP contribution in [-0.4, -0.2) is 29.1 Å². The van der Waals surface area contributed by atoms with Crippen LogP contribution in [0.1, 0.15) is 12.5 Å². The molecule has 1 aromatic carbocycles. The molecule has 1 aromatic rings. The smallest absolute Gasteiger partial charge is 0.291 e. The summed E-state index contributed by atoms with van der Waals surface area (Å²) in [5.41, 5.74) is -0.860. The summed E-state index contributed by atoms with van der Waals surface area (Å²) < 4.78 is 50.5. The Bertz CT molecular complexity index is 462. The van der Waals surface area contributed by atoms with Gasteiger partial charge >= 0.3 is 11.9 Å². The van der Waals surface area contributed by atoms with Crippen LogP contribution in [0.25, 0.3) is 0 Å². The van der Waals surface area contributed by atoms with Crippen LogP contribution in [0.4, 0.5) is 23.2 Å². The Hall–Kier alpha value is -1.70. The second-order valence-electron chi connectivity index (χ2n) is 3.93. The summed E-state index contributed by atoms with van der Waals surface area (Å²) in [5.74, 6) is -1.09. The molecule has 0 N–H and O–H groups in total. The molecule has 0 fully saturated rings. The summed E-state index contributed by atoms with van der Waals surface area (Å²) in [6, 6.07) is 3.46. The van der Waals surface area contributed by atoms with Gasteiger partial charge in [0.1, 0.15) is 0 Å². The minimum atomic E-state index is -4.40. The van der Waals surface area contributed by atoms with E-state index in [9.17, 15) is 27.7 Å². The molecule has 0 aliphatic carbocycles. The maximum absolute atomic E-state index is 13.7. The number of benzene rings is 1. The van der Waals surface area contributed by atoms with Crippen molar-refractivity contribution in [2.45, 2.75) is 19.6 Å². The molecule has 0 atom stereocenters. The quantitative estimate of drug-likeness (QED) is 0.473. The van der Waals surface area contributed by atoms with Gasteiger partial charge in [-0.15, -0.1) is 0 Å². The third-order valence-corrected chi connectivity index (χ3v) is 2.50. The molecule has 0 aliphatic rings. The van der Waals surface area contributed by atoms with Gasteiger partial charge < -0.3 is 0 Å². The number of hydrogen-bond donors (Lipinski definition) is 0. The summed E-state index contributed by atoms with van der Waals surface area (Å²) in [4.78, 5) is 10.6. The summed E-state index contributed by atoms with van der Waals surface area (Å²) in [6.07, 6.45) is -4.40. The number of rotatable bonds is 5. The molecule has 1 rings (SSSR count). The summed E-state index contributed by atoms with van der Waals surface area (Å²) in [7, 11) is 0. The molecule has 19 heavy (non-hydrogen) atoms. The van der Waals surface area contributed by atoms with Crippen molar-refractivity contribution in [3.8, 4) is 0 Å². The molecule has 0 amide bonds. The van der Waals surface area contributed by atoms with E-state index in [1.807, 2.05) is 0 Å². The van der Waals surface area contributed by atoms with Crippen molar-refractivity contribution in [1.82, 2.24) is 4.90 Å². The normalized spacial score (nSPS) is 11.9. The number of halogens is 4. The highest BCUT2D eigenvalue weighted by atomic mass is 19.4. The molecule has 0 radical (unpaired) electrons. The lowest BCUT2D eigenvalue weighted by molar-refractivity contribution is -0.387. The minimum absolute atomic E-state index is 0.0572. The fourth-order valence-electron chi connectivity index (χ4n) is 1.60. The van der Waals surface area contributed by atoms with E-state index in [0.717, 1.165) is 11.0 Å². The number of nitro groups is 1. The van der Waals surface area contributed by atoms with E-state index >= 15 is 0 Å². The highest BCUT2D eigenvalue weighted by Gasteiger charge is 2.30. The van der Waals surface area contributed by atoms with Crippen molar-refractivity contribution in [2.75, 3.05) is 13.1 Å². The minimum Gasteiger partial charge on any atom is -0.291 e. The Balaban J connectivity index is 2.92. The molecule has 0 unspecified atom stereocenters. The molecule has 0 bridgehead atoms. The highest BCUT2D eigenvalue weighted by Crippen LogP contribution is 2.23. The summed E-state index contributed by atoms with van der Waals surface area (Å²) >= 11 is 0. The third-order valence-electron chi connectivity index (χ3n) is 2.50. The molecule has 0 heterocycles. The van der Waals surface area contributed by atoms with Gasteiger partial charge in [-0.25, -0.2) is 0 Å². The van der Waals surface area contributed by atoms with Gasteiger partial charge in [-0.3, -0.25) is 15.0 Å². The van der Waals surface area contributed by atoms with E-state index in [1.165, 1.54) is 19.1 Å². The molecule has 106 valence electrons. The van der Waals surface area contributed by atoms with Crippen LogP contribution in [0.5, 0.6) is 0 Å². The first-order valence-electron chi connectivity index (χ1n) is 5.45. The van der Waals surface area contributed by atoms with Gasteiger partial charge in [-0.2, -0.15) is 17.6 Å². The maximum atomic E-state index is 13.7. The first kappa shape index (κ1) is 15.4. The lowest BCUT2D eigenvalue weighted by Gasteiger charge is -2.22. The van der Waals surface area contributed by atoms with Gasteiger partial charge in [0, 0.05) is 18.2 Å². The average Bonchev–Trinajstić information content (AvgIpc) is 2.28. The van der Waals surface area contributed by atoms with E-state index in [-0.39, 0.29) is 18.7 Å². The fraction of sp³-hybridized carbons (Fsp3) is 0.455. The summed E-state index contributed by atoms with van der Waals surface area (Å²) in [6.45, 7) is 0.0395. The first-order valence-corrected chi connectivity index (χ1v) is 5.45. The Labute approximate surface area is 106 Å². The van der Waals surface area contributed by atoms with E-state index in [0.29, 0.717) is 0 Å². The molecular weight excluding hydrogens is 268 g/mol. The van der Waals surface area contributed by atoms with Crippen molar-refractivity contribution in [2.24, 2.45) is 0 Å². The van der Waals surface area contributed by atoms with Gasteiger partial charge in [0.15, 0.2) is 0 Å². The Morgan fingerprint density at radius 1 is 1.37 bits per heavy atom. The molecule has 4 nitrogen and oxygen atoms in total. The largest absolute Gasteiger partial charge is 0.401 e. The molecule has 0 spiro atoms. The lowest BCUT2D eigenvalue weighted by atomic mass is 10.1. The molecule has 0 aromatic heterocycles. The van der Waals surface area contributed by atoms with Gasteiger partial charge in [0.05, 0.1) is 11.5 Å². The van der Waals surface area contributed by atoms with Crippen molar-refractivity contribution in [1.29, 1.82) is 0 Å². The Morgan fingerprint density at radius 3 is 2.47 bits per heavy atom. The molecule has 0 saturated carbocycles. The van der Waals surface area contributed by atoms with Crippen molar-refractivity contribution < 1.29 is 22.5 Å². The van der Waals surface area contributed by atoms with Gasteiger partial charge in [0.2, 0.25) is 5.82 Å². The van der Waals surface area contributed by atoms with E-state index < -0.39 is 29.1 Å². The van der Waals surface area contributed by atoms with Crippen LogP contribution >= 0.6 is 0 Å². The molecular formula is C11H12F4N2O2. The van der Waals surface area contributed by atoms with Crippen molar-refractivity contribution >= 4 is 5.69 Å². The Morgan fingerprint density at radius 2 is 2.00 bits per heavy atom. The van der Waals surface area contributed by atoms with Gasteiger partial charge in [-0.05, 0) is 6.54 Å². The van der Waals surface area contributed by atoms with Crippen LogP contribution in [0, 0.1) is 15.9 Å². The highest BCUT2D eigenvalue weighted by molar-refractivity contribution is 5.36. The average molecular weight is 280 g/mol. The standard InChI is InChI=1S/C11H12F4N2O2/c1-2-16(7-11(13,14)15)6-8-4-3-5-9(10(8)12)17(18)19/h3-5H,2,6-7H2,1H3. The zero-order chi connectivity index (χ0) is 14.6. The van der Waals surface area contributed by atoms with E-state index in [1.54, 1.807) is 0 Å². The second-order valence-corrected chi connectivity index (χ2v) is 3.93. The van der Waals surface area contributed by atoms with Crippen LogP contribution < -0.4 is 0 Å². The van der Waals surface area contributed by atoms with Crippen LogP contribution in [0.3, 0.4) is 0 Å². The second kappa shape index (κ2) is 5.96. The predicted octanol–water partition coefficient (Wildman–Crippen LogP) is 3.12. The molecule has 0 aliphatic heterocycles. The number of nitrogens with zero attached hydrogens (tertiary/aromatic N) is 2. The zero-order valence-electron chi connectivity index (χ0n) is 10.1. The van der Waals surface area contributed by atoms with Crippen molar-refractivity contribution in [3.05, 3.63) is 39.7 Å². The number of nitro benzene ring substituents is 1. The van der Waals surface area contributed by atoms with Gasteiger partial charge in [0.25, 0.3) is 0 Å². The van der Waals surface area contributed by atoms with Crippen LogP contribution in [0.2, 0.25) is 0 Å². The Kier molecular flexibility index (Phi) is 4.82. The van der Waals surface area contributed by atoms with E-state index in [2.05, 4.69) is 0 Å². The van der Waals surface area contributed by atoms with Crippen LogP contribution in [0.15, 0.2) is 18.2 Å². The lowest BCUT2D eigenvalue weighted by Crippen LogP contribution is -2.33. The van der Waals surface area contributed by atoms with Gasteiger partial charge in [-0.1, -0.05) is 19.1 Å². The topological polar surface area (TPSA) is 46.4 Å². The fourth-order valence-corrected chi connectivity index (χ4v) is 1.60. The summed E-state index contributed by atoms with van der Waals surface area (Å²) in [5, 5.41) is 10.5. The molecule has 8 heteroatoms. The monoisotopic (exact) mass is 280 g/mol. The number of hydrogen-bond acceptors (Lipinski definition) is 3. The maximum Gasteiger partial charge on any atom is 0.401 e. The third kappa shape index (κ3) is 4.47. The van der Waals surface area contributed by atoms with E-state index in [4.69, 9.17) is 0 Å². The predicted molar refractivity (Wildman–Crippen MR) is 60.1 cm³/mol. The van der Waals surface area contributed by atoms with Crippen molar-refractivity contribution in [3.63, 3.8) is 0 Å². The SMILES string of the molecule is CCN(Cc1cccc([N+](=O)[O-])c1F)CC(F)(F)F. The zero-order valence-corrected chi connectivity index (χ0v) is 10.1.